The Morgan fingerprint density at radius 3 is 2.48 bits per heavy atom. The molecule has 0 aliphatic rings. The van der Waals surface area contributed by atoms with Crippen LogP contribution in [0.15, 0.2) is 71.9 Å². The zero-order valence-electron chi connectivity index (χ0n) is 17.0. The molecule has 31 heavy (non-hydrogen) atoms. The van der Waals surface area contributed by atoms with E-state index in [1.807, 2.05) is 66.1 Å². The highest BCUT2D eigenvalue weighted by Gasteiger charge is 2.19. The number of carbonyl (C=O) groups excluding carboxylic acids is 1. The van der Waals surface area contributed by atoms with Crippen molar-refractivity contribution in [1.82, 2.24) is 9.55 Å². The van der Waals surface area contributed by atoms with E-state index in [4.69, 9.17) is 0 Å². The molecule has 7 nitrogen and oxygen atoms in total. The van der Waals surface area contributed by atoms with Crippen LogP contribution in [0.25, 0.3) is 16.7 Å². The Morgan fingerprint density at radius 1 is 1.06 bits per heavy atom. The van der Waals surface area contributed by atoms with Gasteiger partial charge in [-0.15, -0.1) is 0 Å². The summed E-state index contributed by atoms with van der Waals surface area (Å²) in [5.41, 5.74) is 4.49. The first-order valence-corrected chi connectivity index (χ1v) is 10.6. The number of aromatic nitrogens is 2. The number of nitro benzene ring substituents is 1. The molecule has 1 amide bonds. The number of hydrogen-bond donors (Lipinski definition) is 1. The van der Waals surface area contributed by atoms with Crippen LogP contribution >= 0.6 is 11.8 Å². The predicted octanol–water partition coefficient (Wildman–Crippen LogP) is 5.28. The van der Waals surface area contributed by atoms with Crippen molar-refractivity contribution < 1.29 is 9.72 Å². The largest absolute Gasteiger partial charge is 0.320 e. The van der Waals surface area contributed by atoms with Crippen molar-refractivity contribution in [3.63, 3.8) is 0 Å². The smallest absolute Gasteiger partial charge is 0.293 e. The molecule has 0 aliphatic carbocycles. The minimum atomic E-state index is -0.482. The summed E-state index contributed by atoms with van der Waals surface area (Å²) in [4.78, 5) is 28.2. The molecule has 0 spiro atoms. The van der Waals surface area contributed by atoms with Gasteiger partial charge in [0.15, 0.2) is 5.16 Å². The predicted molar refractivity (Wildman–Crippen MR) is 123 cm³/mol. The van der Waals surface area contributed by atoms with Gasteiger partial charge in [0.2, 0.25) is 5.91 Å². The monoisotopic (exact) mass is 432 g/mol. The van der Waals surface area contributed by atoms with Gasteiger partial charge < -0.3 is 5.32 Å². The number of imidazole rings is 1. The number of anilines is 1. The Bertz CT molecular complexity index is 1280. The summed E-state index contributed by atoms with van der Waals surface area (Å²) in [5.74, 6) is -0.261. The highest BCUT2D eigenvalue weighted by molar-refractivity contribution is 7.99. The number of fused-ring (bicyclic) bond motifs is 1. The lowest BCUT2D eigenvalue weighted by Gasteiger charge is -2.10. The first-order valence-electron chi connectivity index (χ1n) is 9.65. The summed E-state index contributed by atoms with van der Waals surface area (Å²) in [7, 11) is 0. The summed E-state index contributed by atoms with van der Waals surface area (Å²) < 4.78 is 2.01. The Hall–Kier alpha value is -3.65. The quantitative estimate of drug-likeness (QED) is 0.254. The van der Waals surface area contributed by atoms with E-state index < -0.39 is 4.92 Å². The van der Waals surface area contributed by atoms with Crippen LogP contribution in [0, 0.1) is 24.0 Å². The Morgan fingerprint density at radius 2 is 1.74 bits per heavy atom. The average Bonchev–Trinajstić information content (AvgIpc) is 3.13. The van der Waals surface area contributed by atoms with Crippen molar-refractivity contribution >= 4 is 40.1 Å². The fourth-order valence-electron chi connectivity index (χ4n) is 3.30. The van der Waals surface area contributed by atoms with E-state index in [9.17, 15) is 14.9 Å². The normalized spacial score (nSPS) is 10.9. The molecule has 0 atom stereocenters. The summed E-state index contributed by atoms with van der Waals surface area (Å²) >= 11 is 1.29. The van der Waals surface area contributed by atoms with E-state index in [0.717, 1.165) is 27.8 Å². The van der Waals surface area contributed by atoms with Crippen molar-refractivity contribution in [2.75, 3.05) is 11.1 Å². The number of nitro groups is 1. The molecule has 156 valence electrons. The molecule has 3 aromatic carbocycles. The number of rotatable bonds is 6. The van der Waals surface area contributed by atoms with Crippen molar-refractivity contribution in [2.45, 2.75) is 19.0 Å². The first kappa shape index (κ1) is 20.6. The maximum absolute atomic E-state index is 12.6. The maximum Gasteiger partial charge on any atom is 0.293 e. The van der Waals surface area contributed by atoms with Crippen molar-refractivity contribution in [3.8, 4) is 5.69 Å². The molecule has 1 aromatic heterocycles. The van der Waals surface area contributed by atoms with Crippen molar-refractivity contribution in [3.05, 3.63) is 88.0 Å². The molecule has 4 aromatic rings. The van der Waals surface area contributed by atoms with E-state index in [-0.39, 0.29) is 23.0 Å². The lowest BCUT2D eigenvalue weighted by Crippen LogP contribution is -2.16. The molecule has 8 heteroatoms. The minimum Gasteiger partial charge on any atom is -0.320 e. The van der Waals surface area contributed by atoms with Gasteiger partial charge in [-0.05, 0) is 55.3 Å². The van der Waals surface area contributed by atoms with Crippen LogP contribution < -0.4 is 5.32 Å². The van der Waals surface area contributed by atoms with Gasteiger partial charge >= 0.3 is 0 Å². The minimum absolute atomic E-state index is 0.0697. The molecule has 0 unspecified atom stereocenters. The van der Waals surface area contributed by atoms with Gasteiger partial charge in [-0.1, -0.05) is 42.1 Å². The molecule has 4 rings (SSSR count). The number of nitrogens with one attached hydrogen (secondary N) is 1. The highest BCUT2D eigenvalue weighted by Crippen LogP contribution is 2.30. The fourth-order valence-corrected chi connectivity index (χ4v) is 4.12. The molecule has 1 heterocycles. The van der Waals surface area contributed by atoms with Gasteiger partial charge in [0.25, 0.3) is 5.69 Å². The second kappa shape index (κ2) is 8.61. The molecular formula is C23H20N4O3S. The van der Waals surface area contributed by atoms with Crippen LogP contribution in [0.1, 0.15) is 11.1 Å². The number of benzene rings is 3. The Kier molecular flexibility index (Phi) is 5.73. The molecule has 0 saturated carbocycles. The van der Waals surface area contributed by atoms with E-state index in [2.05, 4.69) is 10.3 Å². The number of nitrogens with zero attached hydrogens (tertiary/aromatic N) is 3. The van der Waals surface area contributed by atoms with Crippen molar-refractivity contribution in [1.29, 1.82) is 0 Å². The third kappa shape index (κ3) is 4.29. The zero-order chi connectivity index (χ0) is 22.0. The highest BCUT2D eigenvalue weighted by atomic mass is 32.2. The van der Waals surface area contributed by atoms with Crippen LogP contribution in [-0.4, -0.2) is 26.1 Å². The van der Waals surface area contributed by atoms with Gasteiger partial charge in [-0.25, -0.2) is 4.98 Å². The molecule has 0 aliphatic heterocycles. The molecule has 0 fully saturated rings. The molecule has 1 N–H and O–H groups in total. The topological polar surface area (TPSA) is 90.1 Å². The SMILES string of the molecule is Cc1cc(NC(=O)CSc2nc3ccccc3n2-c2ccccc2)c([N+](=O)[O-])cc1C. The van der Waals surface area contributed by atoms with Gasteiger partial charge in [0.1, 0.15) is 5.69 Å². The average molecular weight is 433 g/mol. The Labute approximate surface area is 183 Å². The summed E-state index contributed by atoms with van der Waals surface area (Å²) in [6, 6.07) is 20.7. The second-order valence-corrected chi connectivity index (χ2v) is 8.04. The molecular weight excluding hydrogens is 412 g/mol. The third-order valence-corrected chi connectivity index (χ3v) is 5.90. The maximum atomic E-state index is 12.6. The number of aryl methyl sites for hydroxylation is 2. The molecule has 0 saturated heterocycles. The van der Waals surface area contributed by atoms with E-state index >= 15 is 0 Å². The van der Waals surface area contributed by atoms with E-state index in [1.54, 1.807) is 13.0 Å². The van der Waals surface area contributed by atoms with Gasteiger partial charge in [0, 0.05) is 11.8 Å². The standard InChI is InChI=1S/C23H20N4O3S/c1-15-12-19(21(27(29)30)13-16(15)2)24-22(28)14-31-23-25-18-10-6-7-11-20(18)26(23)17-8-4-3-5-9-17/h3-13H,14H2,1-2H3,(H,24,28). The van der Waals surface area contributed by atoms with Crippen LogP contribution in [0.4, 0.5) is 11.4 Å². The number of carbonyl (C=O) groups is 1. The van der Waals surface area contributed by atoms with Gasteiger partial charge in [0.05, 0.1) is 21.7 Å². The van der Waals surface area contributed by atoms with E-state index in [0.29, 0.717) is 5.16 Å². The van der Waals surface area contributed by atoms with E-state index in [1.165, 1.54) is 17.8 Å². The third-order valence-electron chi connectivity index (χ3n) is 4.96. The van der Waals surface area contributed by atoms with Gasteiger partial charge in [-0.3, -0.25) is 19.5 Å². The fraction of sp³-hybridized carbons (Fsp3) is 0.130. The Balaban J connectivity index is 1.59. The number of thioether (sulfide) groups is 1. The van der Waals surface area contributed by atoms with Gasteiger partial charge in [-0.2, -0.15) is 0 Å². The lowest BCUT2D eigenvalue weighted by atomic mass is 10.1. The number of hydrogen-bond acceptors (Lipinski definition) is 5. The van der Waals surface area contributed by atoms with Crippen LogP contribution in [-0.2, 0) is 4.79 Å². The molecule has 0 radical (unpaired) electrons. The van der Waals surface area contributed by atoms with Crippen LogP contribution in [0.5, 0.6) is 0 Å². The summed E-state index contributed by atoms with van der Waals surface area (Å²) in [5, 5.41) is 14.7. The lowest BCUT2D eigenvalue weighted by molar-refractivity contribution is -0.384. The summed E-state index contributed by atoms with van der Waals surface area (Å²) in [6.45, 7) is 3.66. The zero-order valence-corrected chi connectivity index (χ0v) is 17.8. The number of para-hydroxylation sites is 3. The van der Waals surface area contributed by atoms with Crippen LogP contribution in [0.3, 0.4) is 0 Å². The second-order valence-electron chi connectivity index (χ2n) is 7.10. The van der Waals surface area contributed by atoms with Crippen molar-refractivity contribution in [2.24, 2.45) is 0 Å². The number of amides is 1. The first-order chi connectivity index (χ1) is 14.9. The summed E-state index contributed by atoms with van der Waals surface area (Å²) in [6.07, 6.45) is 0. The van der Waals surface area contributed by atoms with Crippen LogP contribution in [0.2, 0.25) is 0 Å². The molecule has 0 bridgehead atoms.